The van der Waals surface area contributed by atoms with Crippen LogP contribution in [-0.2, 0) is 22.4 Å². The molecule has 20 heavy (non-hydrogen) atoms. The number of carbonyl (C=O) groups is 2. The number of fused-ring (bicyclic) bond motifs is 1. The van der Waals surface area contributed by atoms with E-state index in [9.17, 15) is 9.59 Å². The van der Waals surface area contributed by atoms with Crippen LogP contribution in [0.15, 0.2) is 18.2 Å². The standard InChI is InChI=1S/C16H22N2O2/c1-3-12-6-7-13-5-4-8-18(14(13)9-12)11(2)16(20)15(19)10-17/h6-7,9,11H,3-5,8,10,17H2,1-2H3. The van der Waals surface area contributed by atoms with Crippen LogP contribution in [0.25, 0.3) is 0 Å². The van der Waals surface area contributed by atoms with Crippen molar-refractivity contribution in [3.8, 4) is 0 Å². The van der Waals surface area contributed by atoms with Gasteiger partial charge in [-0.15, -0.1) is 0 Å². The number of aryl methyl sites for hydroxylation is 2. The summed E-state index contributed by atoms with van der Waals surface area (Å²) in [4.78, 5) is 25.6. The highest BCUT2D eigenvalue weighted by atomic mass is 16.2. The van der Waals surface area contributed by atoms with Gasteiger partial charge in [0.1, 0.15) is 0 Å². The fourth-order valence-electron chi connectivity index (χ4n) is 2.75. The lowest BCUT2D eigenvalue weighted by atomic mass is 9.96. The third kappa shape index (κ3) is 2.75. The maximum atomic E-state index is 12.1. The van der Waals surface area contributed by atoms with Gasteiger partial charge in [0, 0.05) is 12.2 Å². The van der Waals surface area contributed by atoms with E-state index in [0.29, 0.717) is 0 Å². The average Bonchev–Trinajstić information content (AvgIpc) is 2.51. The molecule has 1 unspecified atom stereocenters. The number of ketones is 2. The van der Waals surface area contributed by atoms with E-state index in [-0.39, 0.29) is 12.3 Å². The van der Waals surface area contributed by atoms with Gasteiger partial charge in [-0.25, -0.2) is 0 Å². The smallest absolute Gasteiger partial charge is 0.221 e. The van der Waals surface area contributed by atoms with Crippen LogP contribution in [0.1, 0.15) is 31.4 Å². The fourth-order valence-corrected chi connectivity index (χ4v) is 2.75. The van der Waals surface area contributed by atoms with Crippen LogP contribution in [-0.4, -0.2) is 30.7 Å². The van der Waals surface area contributed by atoms with E-state index in [1.54, 1.807) is 6.92 Å². The zero-order chi connectivity index (χ0) is 14.7. The van der Waals surface area contributed by atoms with E-state index in [2.05, 4.69) is 25.1 Å². The molecule has 1 aliphatic rings. The Morgan fingerprint density at radius 2 is 2.15 bits per heavy atom. The number of anilines is 1. The van der Waals surface area contributed by atoms with E-state index in [0.717, 1.165) is 31.5 Å². The minimum absolute atomic E-state index is 0.209. The molecule has 0 saturated heterocycles. The number of Topliss-reactive ketones (excluding diaryl/α,β-unsaturated/α-hetero) is 2. The Morgan fingerprint density at radius 3 is 2.80 bits per heavy atom. The SMILES string of the molecule is CCc1ccc2c(c1)N(C(C)C(=O)C(=O)CN)CCC2. The van der Waals surface area contributed by atoms with Crippen molar-refractivity contribution in [1.82, 2.24) is 0 Å². The molecular formula is C16H22N2O2. The normalized spacial score (nSPS) is 15.7. The largest absolute Gasteiger partial charge is 0.361 e. The second kappa shape index (κ2) is 6.18. The van der Waals surface area contributed by atoms with Crippen molar-refractivity contribution in [3.05, 3.63) is 29.3 Å². The lowest BCUT2D eigenvalue weighted by molar-refractivity contribution is -0.136. The van der Waals surface area contributed by atoms with Crippen LogP contribution in [0, 0.1) is 0 Å². The fraction of sp³-hybridized carbons (Fsp3) is 0.500. The molecule has 1 heterocycles. The Bertz CT molecular complexity index is 525. The summed E-state index contributed by atoms with van der Waals surface area (Å²) in [6, 6.07) is 5.99. The van der Waals surface area contributed by atoms with E-state index < -0.39 is 11.8 Å². The predicted molar refractivity (Wildman–Crippen MR) is 80.0 cm³/mol. The van der Waals surface area contributed by atoms with Gasteiger partial charge in [0.15, 0.2) is 0 Å². The average molecular weight is 274 g/mol. The highest BCUT2D eigenvalue weighted by Gasteiger charge is 2.29. The Hall–Kier alpha value is -1.68. The summed E-state index contributed by atoms with van der Waals surface area (Å²) >= 11 is 0. The molecule has 0 amide bonds. The topological polar surface area (TPSA) is 63.4 Å². The van der Waals surface area contributed by atoms with Crippen LogP contribution in [0.5, 0.6) is 0 Å². The first-order chi connectivity index (χ1) is 9.58. The lowest BCUT2D eigenvalue weighted by Gasteiger charge is -2.35. The van der Waals surface area contributed by atoms with Crippen molar-refractivity contribution in [3.63, 3.8) is 0 Å². The van der Waals surface area contributed by atoms with Gasteiger partial charge in [-0.2, -0.15) is 0 Å². The van der Waals surface area contributed by atoms with Gasteiger partial charge in [0.25, 0.3) is 0 Å². The third-order valence-electron chi connectivity index (χ3n) is 4.02. The zero-order valence-electron chi connectivity index (χ0n) is 12.2. The van der Waals surface area contributed by atoms with Crippen molar-refractivity contribution in [2.45, 2.75) is 39.2 Å². The van der Waals surface area contributed by atoms with Gasteiger partial charge in [-0.1, -0.05) is 19.1 Å². The van der Waals surface area contributed by atoms with Gasteiger partial charge in [-0.05, 0) is 43.4 Å². The Balaban J connectivity index is 2.31. The molecule has 0 bridgehead atoms. The lowest BCUT2D eigenvalue weighted by Crippen LogP contribution is -2.46. The van der Waals surface area contributed by atoms with Crippen LogP contribution in [0.4, 0.5) is 5.69 Å². The molecule has 0 aliphatic carbocycles. The van der Waals surface area contributed by atoms with Gasteiger partial charge >= 0.3 is 0 Å². The summed E-state index contributed by atoms with van der Waals surface area (Å²) in [6.45, 7) is 4.51. The molecule has 0 aromatic heterocycles. The molecule has 1 aromatic rings. The number of nitrogens with zero attached hydrogens (tertiary/aromatic N) is 1. The zero-order valence-corrected chi connectivity index (χ0v) is 12.2. The minimum atomic E-state index is -0.490. The number of nitrogens with two attached hydrogens (primary N) is 1. The third-order valence-corrected chi connectivity index (χ3v) is 4.02. The molecule has 0 spiro atoms. The Morgan fingerprint density at radius 1 is 1.40 bits per heavy atom. The first-order valence-corrected chi connectivity index (χ1v) is 7.24. The van der Waals surface area contributed by atoms with E-state index in [1.807, 2.05) is 4.90 Å². The van der Waals surface area contributed by atoms with Crippen LogP contribution in [0.3, 0.4) is 0 Å². The summed E-state index contributed by atoms with van der Waals surface area (Å²) in [5.74, 6) is -0.876. The molecule has 0 saturated carbocycles. The number of hydrogen-bond acceptors (Lipinski definition) is 4. The van der Waals surface area contributed by atoms with Gasteiger partial charge < -0.3 is 10.6 Å². The highest BCUT2D eigenvalue weighted by molar-refractivity contribution is 6.40. The summed E-state index contributed by atoms with van der Waals surface area (Å²) < 4.78 is 0. The molecule has 2 N–H and O–H groups in total. The second-order valence-electron chi connectivity index (χ2n) is 5.28. The van der Waals surface area contributed by atoms with Crippen LogP contribution < -0.4 is 10.6 Å². The molecule has 1 aliphatic heterocycles. The highest BCUT2D eigenvalue weighted by Crippen LogP contribution is 2.30. The molecule has 1 aromatic carbocycles. The molecule has 1 atom stereocenters. The summed E-state index contributed by atoms with van der Waals surface area (Å²) in [7, 11) is 0. The number of hydrogen-bond donors (Lipinski definition) is 1. The van der Waals surface area contributed by atoms with Crippen LogP contribution >= 0.6 is 0 Å². The first kappa shape index (κ1) is 14.7. The maximum absolute atomic E-state index is 12.1. The van der Waals surface area contributed by atoms with Crippen molar-refractivity contribution in [2.75, 3.05) is 18.0 Å². The van der Waals surface area contributed by atoms with Crippen molar-refractivity contribution in [2.24, 2.45) is 5.73 Å². The van der Waals surface area contributed by atoms with Crippen molar-refractivity contribution in [1.29, 1.82) is 0 Å². The molecule has 2 rings (SSSR count). The van der Waals surface area contributed by atoms with E-state index >= 15 is 0 Å². The molecule has 0 radical (unpaired) electrons. The van der Waals surface area contributed by atoms with Gasteiger partial charge in [-0.3, -0.25) is 9.59 Å². The Labute approximate surface area is 119 Å². The second-order valence-corrected chi connectivity index (χ2v) is 5.28. The molecule has 4 heteroatoms. The molecule has 0 fully saturated rings. The minimum Gasteiger partial charge on any atom is -0.361 e. The van der Waals surface area contributed by atoms with E-state index in [4.69, 9.17) is 5.73 Å². The first-order valence-electron chi connectivity index (χ1n) is 7.24. The molecule has 108 valence electrons. The molecular weight excluding hydrogens is 252 g/mol. The number of carbonyl (C=O) groups excluding carboxylic acids is 2. The quantitative estimate of drug-likeness (QED) is 0.826. The predicted octanol–water partition coefficient (Wildman–Crippen LogP) is 1.49. The van der Waals surface area contributed by atoms with Gasteiger partial charge in [0.05, 0.1) is 12.6 Å². The van der Waals surface area contributed by atoms with Gasteiger partial charge in [0.2, 0.25) is 11.6 Å². The van der Waals surface area contributed by atoms with Crippen molar-refractivity contribution < 1.29 is 9.59 Å². The van der Waals surface area contributed by atoms with E-state index in [1.165, 1.54) is 11.1 Å². The Kier molecular flexibility index (Phi) is 4.55. The number of rotatable bonds is 5. The summed E-state index contributed by atoms with van der Waals surface area (Å²) in [5, 5.41) is 0. The summed E-state index contributed by atoms with van der Waals surface area (Å²) in [5.41, 5.74) is 8.90. The van der Waals surface area contributed by atoms with Crippen LogP contribution in [0.2, 0.25) is 0 Å². The monoisotopic (exact) mass is 274 g/mol. The summed E-state index contributed by atoms with van der Waals surface area (Å²) in [6.07, 6.45) is 3.00. The van der Waals surface area contributed by atoms with Crippen molar-refractivity contribution >= 4 is 17.3 Å². The molecule has 4 nitrogen and oxygen atoms in total. The number of benzene rings is 1. The maximum Gasteiger partial charge on any atom is 0.221 e.